The second kappa shape index (κ2) is 2.06. The summed E-state index contributed by atoms with van der Waals surface area (Å²) >= 11 is 3.18. The van der Waals surface area contributed by atoms with Gasteiger partial charge in [0.1, 0.15) is 0 Å². The lowest BCUT2D eigenvalue weighted by Gasteiger charge is -1.77. The van der Waals surface area contributed by atoms with Gasteiger partial charge in [0.2, 0.25) is 0 Å². The molecule has 38 valence electrons. The fourth-order valence-corrected chi connectivity index (χ4v) is 0. The van der Waals surface area contributed by atoms with Gasteiger partial charge in [-0.2, -0.15) is 8.42 Å². The zero-order chi connectivity index (χ0) is 5.21. The Morgan fingerprint density at radius 1 is 1.67 bits per heavy atom. The topological polar surface area (TPSA) is 54.4 Å². The average molecular weight is 146 g/mol. The van der Waals surface area contributed by atoms with Crippen molar-refractivity contribution in [3.8, 4) is 0 Å². The van der Waals surface area contributed by atoms with Crippen molar-refractivity contribution in [3.63, 3.8) is 0 Å². The lowest BCUT2D eigenvalue weighted by Crippen LogP contribution is -1.82. The Bertz CT molecular complexity index is 108. The number of thiol groups is 1. The molecule has 0 aliphatic heterocycles. The molecule has 0 fully saturated rings. The molecule has 0 spiro atoms. The number of hydrogen-bond acceptors (Lipinski definition) is 4. The molecule has 0 atom stereocenters. The van der Waals surface area contributed by atoms with Crippen LogP contribution in [0.2, 0.25) is 0 Å². The smallest absolute Gasteiger partial charge is 0.277 e. The Morgan fingerprint density at radius 2 is 1.83 bits per heavy atom. The normalized spacial score (nSPS) is 11.7. The van der Waals surface area contributed by atoms with E-state index in [4.69, 9.17) is 4.55 Å². The number of hydrogen-bond donors (Lipinski definition) is 2. The van der Waals surface area contributed by atoms with Gasteiger partial charge in [0.25, 0.3) is 0 Å². The summed E-state index contributed by atoms with van der Waals surface area (Å²) in [5, 5.41) is 0. The maximum atomic E-state index is 9.44. The standard InChI is InChI=1S/H2O3S3/c1-6(2,3)5-4/h4H,(H,1,2,3). The molecule has 0 rings (SSSR count). The minimum absolute atomic E-state index is 0.104. The molecule has 6 heteroatoms. The molecule has 0 heterocycles. The Balaban J connectivity index is 3.85. The Hall–Kier alpha value is 0.610. The molecule has 0 aliphatic carbocycles. The third-order valence-corrected chi connectivity index (χ3v) is 2.54. The van der Waals surface area contributed by atoms with Gasteiger partial charge in [-0.05, 0) is 0 Å². The molecular weight excluding hydrogens is 144 g/mol. The van der Waals surface area contributed by atoms with Crippen LogP contribution in [0.25, 0.3) is 0 Å². The van der Waals surface area contributed by atoms with Crippen LogP contribution in [0.1, 0.15) is 0 Å². The van der Waals surface area contributed by atoms with Gasteiger partial charge in [-0.25, -0.2) is 0 Å². The van der Waals surface area contributed by atoms with E-state index in [9.17, 15) is 8.42 Å². The first-order valence-electron chi connectivity index (χ1n) is 0.865. The molecule has 0 radical (unpaired) electrons. The molecule has 6 heavy (non-hydrogen) atoms. The predicted molar refractivity (Wildman–Crippen MR) is 28.1 cm³/mol. The summed E-state index contributed by atoms with van der Waals surface area (Å²) in [7, 11) is -3.78. The first-order chi connectivity index (χ1) is 2.56. The Labute approximate surface area is 44.1 Å². The van der Waals surface area contributed by atoms with Gasteiger partial charge in [0.15, 0.2) is 0 Å². The summed E-state index contributed by atoms with van der Waals surface area (Å²) in [6.07, 6.45) is 0. The SMILES string of the molecule is O=S(=O)(O)SS. The van der Waals surface area contributed by atoms with Crippen LogP contribution in [0.4, 0.5) is 0 Å². The lowest BCUT2D eigenvalue weighted by molar-refractivity contribution is 0.503. The molecule has 0 unspecified atom stereocenters. The van der Waals surface area contributed by atoms with Crippen LogP contribution < -0.4 is 0 Å². The van der Waals surface area contributed by atoms with Crippen molar-refractivity contribution < 1.29 is 13.0 Å². The van der Waals surface area contributed by atoms with Crippen LogP contribution in [0.15, 0.2) is 0 Å². The van der Waals surface area contributed by atoms with E-state index in [1.54, 1.807) is 0 Å². The maximum absolute atomic E-state index is 9.44. The summed E-state index contributed by atoms with van der Waals surface area (Å²) < 4.78 is 26.6. The van der Waals surface area contributed by atoms with Crippen molar-refractivity contribution >= 4 is 30.6 Å². The molecule has 0 saturated heterocycles. The monoisotopic (exact) mass is 146 g/mol. The zero-order valence-corrected chi connectivity index (χ0v) is 5.05. The van der Waals surface area contributed by atoms with Crippen molar-refractivity contribution in [2.24, 2.45) is 0 Å². The van der Waals surface area contributed by atoms with Crippen LogP contribution >= 0.6 is 21.5 Å². The van der Waals surface area contributed by atoms with Crippen LogP contribution in [-0.4, -0.2) is 13.0 Å². The van der Waals surface area contributed by atoms with Gasteiger partial charge >= 0.3 is 9.15 Å². The van der Waals surface area contributed by atoms with Crippen molar-refractivity contribution in [1.82, 2.24) is 0 Å². The van der Waals surface area contributed by atoms with Gasteiger partial charge in [-0.15, -0.1) is 0 Å². The van der Waals surface area contributed by atoms with Crippen molar-refractivity contribution in [3.05, 3.63) is 0 Å². The van der Waals surface area contributed by atoms with E-state index in [1.165, 1.54) is 0 Å². The molecule has 0 amide bonds. The highest BCUT2D eigenvalue weighted by atomic mass is 33.5. The third-order valence-electron chi connectivity index (χ3n) is 0.0942. The summed E-state index contributed by atoms with van der Waals surface area (Å²) in [5.41, 5.74) is 0. The highest BCUT2D eigenvalue weighted by Crippen LogP contribution is 2.11. The molecule has 0 aromatic heterocycles. The largest absolute Gasteiger partial charge is 0.329 e. The van der Waals surface area contributed by atoms with Gasteiger partial charge in [0, 0.05) is 0 Å². The van der Waals surface area contributed by atoms with Gasteiger partial charge < -0.3 is 0 Å². The fourth-order valence-electron chi connectivity index (χ4n) is 0. The van der Waals surface area contributed by atoms with Crippen molar-refractivity contribution in [1.29, 1.82) is 0 Å². The summed E-state index contributed by atoms with van der Waals surface area (Å²) in [4.78, 5) is 0. The van der Waals surface area contributed by atoms with Crippen molar-refractivity contribution in [2.75, 3.05) is 0 Å². The first-order valence-corrected chi connectivity index (χ1v) is 4.69. The summed E-state index contributed by atoms with van der Waals surface area (Å²) in [6.45, 7) is 0. The van der Waals surface area contributed by atoms with E-state index in [2.05, 4.69) is 11.7 Å². The van der Waals surface area contributed by atoms with E-state index < -0.39 is 9.15 Å². The number of rotatable bonds is 1. The Morgan fingerprint density at radius 3 is 1.83 bits per heavy atom. The molecule has 0 aliphatic rings. The fraction of sp³-hybridized carbons (Fsp3) is 0. The van der Waals surface area contributed by atoms with E-state index in [0.717, 1.165) is 0 Å². The summed E-state index contributed by atoms with van der Waals surface area (Å²) in [6, 6.07) is 0. The molecular formula is H2O3S3. The summed E-state index contributed by atoms with van der Waals surface area (Å²) in [5.74, 6) is 0. The predicted octanol–water partition coefficient (Wildman–Crippen LogP) is 0.367. The van der Waals surface area contributed by atoms with Crippen LogP contribution in [0, 0.1) is 0 Å². The van der Waals surface area contributed by atoms with Gasteiger partial charge in [0.05, 0.1) is 9.83 Å². The minimum atomic E-state index is -3.88. The van der Waals surface area contributed by atoms with Gasteiger partial charge in [-0.1, -0.05) is 11.7 Å². The molecule has 0 aromatic carbocycles. The molecule has 0 bridgehead atoms. The molecule has 3 nitrogen and oxygen atoms in total. The molecule has 0 saturated carbocycles. The lowest BCUT2D eigenvalue weighted by atomic mass is 15.9. The van der Waals surface area contributed by atoms with E-state index in [-0.39, 0.29) is 9.83 Å². The third kappa shape index (κ3) is 4.61. The second-order valence-electron chi connectivity index (χ2n) is 0.502. The van der Waals surface area contributed by atoms with Crippen LogP contribution in [0.3, 0.4) is 0 Å². The van der Waals surface area contributed by atoms with E-state index in [0.29, 0.717) is 0 Å². The second-order valence-corrected chi connectivity index (χ2v) is 4.56. The van der Waals surface area contributed by atoms with E-state index in [1.807, 2.05) is 0 Å². The average Bonchev–Trinajstić information content (AvgIpc) is 1.35. The highest BCUT2D eigenvalue weighted by Gasteiger charge is 1.96. The maximum Gasteiger partial charge on any atom is 0.329 e. The first kappa shape index (κ1) is 6.61. The molecule has 1 N–H and O–H groups in total. The van der Waals surface area contributed by atoms with Crippen molar-refractivity contribution in [2.45, 2.75) is 0 Å². The Kier molecular flexibility index (Phi) is 2.27. The van der Waals surface area contributed by atoms with Crippen LogP contribution in [-0.2, 0) is 9.15 Å². The highest BCUT2D eigenvalue weighted by molar-refractivity contribution is 9.01. The van der Waals surface area contributed by atoms with Crippen LogP contribution in [0.5, 0.6) is 0 Å². The zero-order valence-electron chi connectivity index (χ0n) is 2.53. The molecule has 0 aromatic rings. The minimum Gasteiger partial charge on any atom is -0.277 e. The van der Waals surface area contributed by atoms with Gasteiger partial charge in [-0.3, -0.25) is 4.55 Å². The van der Waals surface area contributed by atoms with E-state index >= 15 is 0 Å². The quantitative estimate of drug-likeness (QED) is 0.319.